The van der Waals surface area contributed by atoms with Gasteiger partial charge in [0.1, 0.15) is 0 Å². The van der Waals surface area contributed by atoms with Crippen LogP contribution in [0.4, 0.5) is 0 Å². The van der Waals surface area contributed by atoms with E-state index in [1.807, 2.05) is 72.8 Å². The minimum atomic E-state index is -0.146. The number of fused-ring (bicyclic) bond motifs is 1. The number of hydrogen-bond donors (Lipinski definition) is 0. The SMILES string of the molecule is O=c1c(=Cc2cccc(Br)c2)sc2nc(C=Cc3ccccc3)nn12. The molecule has 4 nitrogen and oxygen atoms in total. The summed E-state index contributed by atoms with van der Waals surface area (Å²) in [5, 5.41) is 4.29. The van der Waals surface area contributed by atoms with E-state index in [9.17, 15) is 4.79 Å². The molecule has 0 saturated heterocycles. The van der Waals surface area contributed by atoms with Gasteiger partial charge < -0.3 is 0 Å². The van der Waals surface area contributed by atoms with Crippen molar-refractivity contribution >= 4 is 50.5 Å². The van der Waals surface area contributed by atoms with E-state index in [0.717, 1.165) is 15.6 Å². The van der Waals surface area contributed by atoms with E-state index in [1.54, 1.807) is 0 Å². The Labute approximate surface area is 155 Å². The lowest BCUT2D eigenvalue weighted by Gasteiger charge is -1.92. The van der Waals surface area contributed by atoms with E-state index in [-0.39, 0.29) is 5.56 Å². The molecule has 0 atom stereocenters. The number of halogens is 1. The van der Waals surface area contributed by atoms with Crippen LogP contribution in [0, 0.1) is 0 Å². The lowest BCUT2D eigenvalue weighted by Crippen LogP contribution is -2.23. The van der Waals surface area contributed by atoms with Gasteiger partial charge >= 0.3 is 0 Å². The fraction of sp³-hybridized carbons (Fsp3) is 0. The smallest absolute Gasteiger partial charge is 0.266 e. The van der Waals surface area contributed by atoms with Crippen LogP contribution in [0.2, 0.25) is 0 Å². The molecular formula is C19H12BrN3OS. The first-order valence-electron chi connectivity index (χ1n) is 7.59. The van der Waals surface area contributed by atoms with Crippen molar-refractivity contribution in [3.05, 3.63) is 90.9 Å². The zero-order valence-corrected chi connectivity index (χ0v) is 15.4. The van der Waals surface area contributed by atoms with Gasteiger partial charge in [0.25, 0.3) is 5.56 Å². The first-order valence-corrected chi connectivity index (χ1v) is 9.20. The Morgan fingerprint density at radius 3 is 2.56 bits per heavy atom. The van der Waals surface area contributed by atoms with Crippen LogP contribution in [0.15, 0.2) is 63.9 Å². The van der Waals surface area contributed by atoms with Gasteiger partial charge in [0, 0.05) is 4.47 Å². The van der Waals surface area contributed by atoms with Crippen LogP contribution in [0.3, 0.4) is 0 Å². The average molecular weight is 410 g/mol. The summed E-state index contributed by atoms with van der Waals surface area (Å²) in [6.45, 7) is 0. The number of aromatic nitrogens is 3. The number of nitrogens with zero attached hydrogens (tertiary/aromatic N) is 3. The number of rotatable bonds is 3. The van der Waals surface area contributed by atoms with E-state index in [1.165, 1.54) is 15.9 Å². The van der Waals surface area contributed by atoms with Crippen molar-refractivity contribution in [3.8, 4) is 0 Å². The molecule has 2 heterocycles. The molecule has 0 N–H and O–H groups in total. The normalized spacial score (nSPS) is 12.4. The molecular weight excluding hydrogens is 398 g/mol. The first-order chi connectivity index (χ1) is 12.2. The molecule has 0 bridgehead atoms. The zero-order valence-electron chi connectivity index (χ0n) is 13.0. The number of hydrogen-bond acceptors (Lipinski definition) is 4. The van der Waals surface area contributed by atoms with Crippen molar-refractivity contribution in [1.82, 2.24) is 14.6 Å². The summed E-state index contributed by atoms with van der Waals surface area (Å²) in [5.74, 6) is 0.529. The molecule has 0 aliphatic heterocycles. The highest BCUT2D eigenvalue weighted by Gasteiger charge is 2.08. The second-order valence-corrected chi connectivity index (χ2v) is 7.30. The molecule has 0 aliphatic rings. The fourth-order valence-electron chi connectivity index (χ4n) is 2.40. The Bertz CT molecular complexity index is 1180. The van der Waals surface area contributed by atoms with Gasteiger partial charge in [-0.15, -0.1) is 5.10 Å². The summed E-state index contributed by atoms with van der Waals surface area (Å²) in [7, 11) is 0. The van der Waals surface area contributed by atoms with Gasteiger partial charge in [0.2, 0.25) is 4.96 Å². The molecule has 0 aliphatic carbocycles. The summed E-state index contributed by atoms with van der Waals surface area (Å²) in [6.07, 6.45) is 5.60. The minimum Gasteiger partial charge on any atom is -0.266 e. The lowest BCUT2D eigenvalue weighted by atomic mass is 10.2. The summed E-state index contributed by atoms with van der Waals surface area (Å²) in [4.78, 5) is 17.5. The maximum atomic E-state index is 12.5. The van der Waals surface area contributed by atoms with Crippen molar-refractivity contribution in [2.75, 3.05) is 0 Å². The van der Waals surface area contributed by atoms with E-state index in [0.29, 0.717) is 15.3 Å². The van der Waals surface area contributed by atoms with Crippen molar-refractivity contribution in [2.24, 2.45) is 0 Å². The van der Waals surface area contributed by atoms with Crippen LogP contribution >= 0.6 is 27.3 Å². The molecule has 4 rings (SSSR count). The van der Waals surface area contributed by atoms with E-state index >= 15 is 0 Å². The molecule has 0 spiro atoms. The lowest BCUT2D eigenvalue weighted by molar-refractivity contribution is 0.925. The summed E-state index contributed by atoms with van der Waals surface area (Å²) in [6, 6.07) is 17.7. The molecule has 0 amide bonds. The van der Waals surface area contributed by atoms with Crippen LogP contribution in [-0.4, -0.2) is 14.6 Å². The molecule has 25 heavy (non-hydrogen) atoms. The Kier molecular flexibility index (Phi) is 4.29. The highest BCUT2D eigenvalue weighted by atomic mass is 79.9. The maximum Gasteiger partial charge on any atom is 0.291 e. The molecule has 0 unspecified atom stereocenters. The highest BCUT2D eigenvalue weighted by molar-refractivity contribution is 9.10. The standard InChI is InChI=1S/C19H12BrN3OS/c20-15-8-4-7-14(11-15)12-16-18(24)23-19(25-16)21-17(22-23)10-9-13-5-2-1-3-6-13/h1-12H. The molecule has 2 aromatic carbocycles. The number of benzene rings is 2. The van der Waals surface area contributed by atoms with Crippen molar-refractivity contribution < 1.29 is 0 Å². The summed E-state index contributed by atoms with van der Waals surface area (Å²) < 4.78 is 2.95. The fourth-order valence-corrected chi connectivity index (χ4v) is 3.73. The molecule has 0 saturated carbocycles. The monoisotopic (exact) mass is 409 g/mol. The third-order valence-corrected chi connectivity index (χ3v) is 5.02. The van der Waals surface area contributed by atoms with Gasteiger partial charge in [-0.1, -0.05) is 75.8 Å². The second kappa shape index (κ2) is 6.74. The predicted molar refractivity (Wildman–Crippen MR) is 105 cm³/mol. The van der Waals surface area contributed by atoms with E-state index in [2.05, 4.69) is 26.0 Å². The quantitative estimate of drug-likeness (QED) is 0.518. The van der Waals surface area contributed by atoms with Gasteiger partial charge in [-0.25, -0.2) is 0 Å². The van der Waals surface area contributed by atoms with Gasteiger partial charge in [-0.3, -0.25) is 4.79 Å². The van der Waals surface area contributed by atoms with Crippen LogP contribution in [0.5, 0.6) is 0 Å². The Morgan fingerprint density at radius 2 is 1.80 bits per heavy atom. The van der Waals surface area contributed by atoms with Crippen molar-refractivity contribution in [2.45, 2.75) is 0 Å². The second-order valence-electron chi connectivity index (χ2n) is 5.38. The Hall–Kier alpha value is -2.57. The number of thiazole rings is 1. The van der Waals surface area contributed by atoms with Crippen molar-refractivity contribution in [3.63, 3.8) is 0 Å². The van der Waals surface area contributed by atoms with E-state index < -0.39 is 0 Å². The highest BCUT2D eigenvalue weighted by Crippen LogP contribution is 2.12. The van der Waals surface area contributed by atoms with Gasteiger partial charge in [0.15, 0.2) is 5.82 Å². The largest absolute Gasteiger partial charge is 0.291 e. The summed E-state index contributed by atoms with van der Waals surface area (Å²) in [5.41, 5.74) is 1.87. The van der Waals surface area contributed by atoms with E-state index in [4.69, 9.17) is 0 Å². The first kappa shape index (κ1) is 15.9. The van der Waals surface area contributed by atoms with Crippen molar-refractivity contribution in [1.29, 1.82) is 0 Å². The van der Waals surface area contributed by atoms with Gasteiger partial charge in [-0.05, 0) is 35.4 Å². The summed E-state index contributed by atoms with van der Waals surface area (Å²) >= 11 is 4.77. The van der Waals surface area contributed by atoms with Crippen LogP contribution in [0.1, 0.15) is 17.0 Å². The molecule has 0 radical (unpaired) electrons. The molecule has 0 fully saturated rings. The Morgan fingerprint density at radius 1 is 1.00 bits per heavy atom. The third-order valence-electron chi connectivity index (χ3n) is 3.57. The predicted octanol–water partition coefficient (Wildman–Crippen LogP) is 3.63. The van der Waals surface area contributed by atoms with Crippen LogP contribution in [0.25, 0.3) is 23.2 Å². The third kappa shape index (κ3) is 3.45. The Balaban J connectivity index is 1.70. The maximum absolute atomic E-state index is 12.5. The zero-order chi connectivity index (χ0) is 17.2. The van der Waals surface area contributed by atoms with Gasteiger partial charge in [-0.2, -0.15) is 9.50 Å². The molecule has 2 aromatic heterocycles. The van der Waals surface area contributed by atoms with Crippen LogP contribution < -0.4 is 10.1 Å². The van der Waals surface area contributed by atoms with Crippen LogP contribution in [-0.2, 0) is 0 Å². The average Bonchev–Trinajstić information content (AvgIpc) is 3.14. The molecule has 4 aromatic rings. The minimum absolute atomic E-state index is 0.146. The molecule has 6 heteroatoms. The molecule has 122 valence electrons. The van der Waals surface area contributed by atoms with Gasteiger partial charge in [0.05, 0.1) is 4.53 Å². The topological polar surface area (TPSA) is 47.3 Å².